The molecular formula is C20H36IN5O2S. The van der Waals surface area contributed by atoms with Crippen molar-refractivity contribution < 1.29 is 8.42 Å². The lowest BCUT2D eigenvalue weighted by molar-refractivity contribution is 0.282. The maximum atomic E-state index is 11.8. The van der Waals surface area contributed by atoms with E-state index in [1.165, 1.54) is 45.8 Å². The van der Waals surface area contributed by atoms with Crippen LogP contribution in [0.3, 0.4) is 0 Å². The average Bonchev–Trinajstić information content (AvgIpc) is 2.98. The topological polar surface area (TPSA) is 85.8 Å². The summed E-state index contributed by atoms with van der Waals surface area (Å²) in [6.45, 7) is 7.83. The molecule has 0 aromatic heterocycles. The predicted molar refractivity (Wildman–Crippen MR) is 130 cm³/mol. The van der Waals surface area contributed by atoms with E-state index in [0.717, 1.165) is 37.6 Å². The highest BCUT2D eigenvalue weighted by Crippen LogP contribution is 2.11. The molecule has 1 fully saturated rings. The first-order valence-corrected chi connectivity index (χ1v) is 11.8. The first-order valence-electron chi connectivity index (χ1n) is 10.3. The van der Waals surface area contributed by atoms with E-state index in [1.54, 1.807) is 24.3 Å². The predicted octanol–water partition coefficient (Wildman–Crippen LogP) is 2.53. The van der Waals surface area contributed by atoms with Gasteiger partial charge in [-0.25, -0.2) is 18.1 Å². The van der Waals surface area contributed by atoms with Crippen molar-refractivity contribution >= 4 is 40.0 Å². The Balaban J connectivity index is 0.00000420. The Morgan fingerprint density at radius 3 is 2.31 bits per heavy atom. The van der Waals surface area contributed by atoms with Crippen LogP contribution in [0.2, 0.25) is 0 Å². The molecule has 1 aromatic rings. The molecule has 9 heteroatoms. The number of hydrogen-bond donors (Lipinski definition) is 3. The summed E-state index contributed by atoms with van der Waals surface area (Å²) in [6, 6.07) is 6.82. The summed E-state index contributed by atoms with van der Waals surface area (Å²) in [5.41, 5.74) is 0.969. The second-order valence-electron chi connectivity index (χ2n) is 7.08. The maximum absolute atomic E-state index is 11.8. The first kappa shape index (κ1) is 26.1. The second kappa shape index (κ2) is 14.2. The Morgan fingerprint density at radius 1 is 1.07 bits per heavy atom. The van der Waals surface area contributed by atoms with Gasteiger partial charge in [0.15, 0.2) is 5.96 Å². The third-order valence-corrected chi connectivity index (χ3v) is 6.34. The van der Waals surface area contributed by atoms with E-state index in [4.69, 9.17) is 0 Å². The number of hydrogen-bond acceptors (Lipinski definition) is 4. The van der Waals surface area contributed by atoms with Crippen LogP contribution in [-0.2, 0) is 16.6 Å². The molecule has 0 aliphatic carbocycles. The largest absolute Gasteiger partial charge is 0.357 e. The van der Waals surface area contributed by atoms with Crippen LogP contribution in [0.25, 0.3) is 0 Å². The average molecular weight is 538 g/mol. The fourth-order valence-electron chi connectivity index (χ4n) is 3.27. The van der Waals surface area contributed by atoms with Crippen molar-refractivity contribution in [3.8, 4) is 0 Å². The second-order valence-corrected chi connectivity index (χ2v) is 8.97. The van der Waals surface area contributed by atoms with Gasteiger partial charge < -0.3 is 15.5 Å². The van der Waals surface area contributed by atoms with Crippen LogP contribution in [-0.4, -0.2) is 59.0 Å². The highest BCUT2D eigenvalue weighted by atomic mass is 127. The van der Waals surface area contributed by atoms with Crippen molar-refractivity contribution in [1.82, 2.24) is 20.3 Å². The number of nitrogens with zero attached hydrogens (tertiary/aromatic N) is 2. The third kappa shape index (κ3) is 9.63. The molecule has 1 aliphatic heterocycles. The molecular weight excluding hydrogens is 501 g/mol. The van der Waals surface area contributed by atoms with Crippen molar-refractivity contribution in [2.24, 2.45) is 4.99 Å². The first-order chi connectivity index (χ1) is 13.5. The Bertz CT molecular complexity index is 702. The smallest absolute Gasteiger partial charge is 0.240 e. The normalized spacial score (nSPS) is 16.0. The van der Waals surface area contributed by atoms with E-state index < -0.39 is 10.0 Å². The van der Waals surface area contributed by atoms with Gasteiger partial charge in [-0.1, -0.05) is 25.0 Å². The molecule has 0 bridgehead atoms. The molecule has 0 amide bonds. The van der Waals surface area contributed by atoms with Crippen LogP contribution in [0, 0.1) is 0 Å². The zero-order chi connectivity index (χ0) is 20.2. The molecule has 0 unspecified atom stereocenters. The van der Waals surface area contributed by atoms with Gasteiger partial charge in [0.25, 0.3) is 0 Å². The molecule has 29 heavy (non-hydrogen) atoms. The molecule has 0 spiro atoms. The minimum Gasteiger partial charge on any atom is -0.357 e. The Hall–Kier alpha value is -0.910. The zero-order valence-corrected chi connectivity index (χ0v) is 20.8. The fourth-order valence-corrected chi connectivity index (χ4v) is 4.00. The Kier molecular flexibility index (Phi) is 12.8. The molecule has 0 atom stereocenters. The summed E-state index contributed by atoms with van der Waals surface area (Å²) in [7, 11) is -1.98. The molecule has 166 valence electrons. The van der Waals surface area contributed by atoms with Gasteiger partial charge in [0.2, 0.25) is 10.0 Å². The van der Waals surface area contributed by atoms with Crippen LogP contribution in [0.4, 0.5) is 0 Å². The van der Waals surface area contributed by atoms with Crippen LogP contribution in [0.5, 0.6) is 0 Å². The number of benzene rings is 1. The van der Waals surface area contributed by atoms with Crippen LogP contribution < -0.4 is 15.4 Å². The number of halogens is 1. The molecule has 0 radical (unpaired) electrons. The van der Waals surface area contributed by atoms with E-state index in [-0.39, 0.29) is 28.9 Å². The van der Waals surface area contributed by atoms with Crippen molar-refractivity contribution in [2.45, 2.75) is 50.5 Å². The number of guanidine groups is 1. The zero-order valence-electron chi connectivity index (χ0n) is 17.6. The number of likely N-dealkylation sites (tertiary alicyclic amines) is 1. The van der Waals surface area contributed by atoms with E-state index in [9.17, 15) is 8.42 Å². The lowest BCUT2D eigenvalue weighted by atomic mass is 10.2. The van der Waals surface area contributed by atoms with E-state index in [1.807, 2.05) is 6.92 Å². The maximum Gasteiger partial charge on any atom is 0.240 e. The van der Waals surface area contributed by atoms with E-state index >= 15 is 0 Å². The Morgan fingerprint density at radius 2 is 1.72 bits per heavy atom. The van der Waals surface area contributed by atoms with Crippen molar-refractivity contribution in [3.05, 3.63) is 29.8 Å². The van der Waals surface area contributed by atoms with Gasteiger partial charge in [-0.3, -0.25) is 0 Å². The molecule has 1 heterocycles. The fraction of sp³-hybridized carbons (Fsp3) is 0.650. The summed E-state index contributed by atoms with van der Waals surface area (Å²) in [5, 5.41) is 6.66. The molecule has 1 aliphatic rings. The van der Waals surface area contributed by atoms with Crippen LogP contribution >= 0.6 is 24.0 Å². The number of aliphatic imine (C=N–C) groups is 1. The van der Waals surface area contributed by atoms with Gasteiger partial charge in [-0.2, -0.15) is 0 Å². The number of rotatable bonds is 9. The number of sulfonamides is 1. The van der Waals surface area contributed by atoms with Gasteiger partial charge in [-0.05, 0) is 70.6 Å². The quantitative estimate of drug-likeness (QED) is 0.195. The number of nitrogens with one attached hydrogen (secondary N) is 3. The molecule has 3 N–H and O–H groups in total. The van der Waals surface area contributed by atoms with E-state index in [2.05, 4.69) is 25.2 Å². The summed E-state index contributed by atoms with van der Waals surface area (Å²) in [5.74, 6) is 0.797. The van der Waals surface area contributed by atoms with Gasteiger partial charge >= 0.3 is 0 Å². The lowest BCUT2D eigenvalue weighted by Gasteiger charge is -2.20. The monoisotopic (exact) mass is 537 g/mol. The van der Waals surface area contributed by atoms with E-state index in [0.29, 0.717) is 6.54 Å². The molecule has 0 saturated carbocycles. The SMILES string of the molecule is CCNC(=NCc1ccc(S(=O)(=O)NC)cc1)NCCCN1CCCCCC1.I. The highest BCUT2D eigenvalue weighted by molar-refractivity contribution is 14.0. The molecule has 1 saturated heterocycles. The van der Waals surface area contributed by atoms with Gasteiger partial charge in [0.05, 0.1) is 11.4 Å². The Labute approximate surface area is 193 Å². The lowest BCUT2D eigenvalue weighted by Crippen LogP contribution is -2.39. The molecule has 7 nitrogen and oxygen atoms in total. The minimum absolute atomic E-state index is 0. The van der Waals surface area contributed by atoms with Crippen LogP contribution in [0.15, 0.2) is 34.2 Å². The van der Waals surface area contributed by atoms with Crippen molar-refractivity contribution in [1.29, 1.82) is 0 Å². The highest BCUT2D eigenvalue weighted by Gasteiger charge is 2.10. The summed E-state index contributed by atoms with van der Waals surface area (Å²) in [6.07, 6.45) is 6.49. The molecule has 1 aromatic carbocycles. The summed E-state index contributed by atoms with van der Waals surface area (Å²) >= 11 is 0. The molecule has 2 rings (SSSR count). The van der Waals surface area contributed by atoms with Gasteiger partial charge in [0, 0.05) is 13.1 Å². The van der Waals surface area contributed by atoms with Crippen molar-refractivity contribution in [3.63, 3.8) is 0 Å². The standard InChI is InChI=1S/C20H35N5O2S.HI/c1-3-22-20(23-13-8-16-25-14-6-4-5-7-15-25)24-17-18-9-11-19(12-10-18)28(26,27)21-2;/h9-12,21H,3-8,13-17H2,1-2H3,(H2,22,23,24);1H. The summed E-state index contributed by atoms with van der Waals surface area (Å²) < 4.78 is 25.9. The van der Waals surface area contributed by atoms with Crippen LogP contribution in [0.1, 0.15) is 44.6 Å². The van der Waals surface area contributed by atoms with Gasteiger partial charge in [0.1, 0.15) is 0 Å². The van der Waals surface area contributed by atoms with Gasteiger partial charge in [-0.15, -0.1) is 24.0 Å². The summed E-state index contributed by atoms with van der Waals surface area (Å²) in [4.78, 5) is 7.44. The minimum atomic E-state index is -3.40. The third-order valence-electron chi connectivity index (χ3n) is 4.91. The van der Waals surface area contributed by atoms with Crippen molar-refractivity contribution in [2.75, 3.05) is 39.8 Å².